The molecule has 0 aliphatic carbocycles. The van der Waals surface area contributed by atoms with Crippen LogP contribution in [0.4, 0.5) is 15.9 Å². The van der Waals surface area contributed by atoms with E-state index in [1.54, 1.807) is 49.5 Å². The minimum atomic E-state index is -3.31. The molecule has 2 heterocycles. The highest BCUT2D eigenvalue weighted by Gasteiger charge is 2.26. The Morgan fingerprint density at radius 3 is 2.64 bits per heavy atom. The van der Waals surface area contributed by atoms with Crippen molar-refractivity contribution in [1.82, 2.24) is 15.0 Å². The molecule has 3 aromatic carbocycles. The summed E-state index contributed by atoms with van der Waals surface area (Å²) in [5.41, 5.74) is 2.83. The quantitative estimate of drug-likeness (QED) is 0.166. The molecule has 218 valence electrons. The summed E-state index contributed by atoms with van der Waals surface area (Å²) in [7, 11) is -0.186. The Kier molecular flexibility index (Phi) is 8.74. The third-order valence-corrected chi connectivity index (χ3v) is 7.76. The number of benzene rings is 3. The number of hydrogen-bond donors (Lipinski definition) is 1. The molecule has 0 aliphatic heterocycles. The molecule has 0 radical (unpaired) electrons. The van der Waals surface area contributed by atoms with E-state index >= 15 is 0 Å². The van der Waals surface area contributed by atoms with Gasteiger partial charge in [0.25, 0.3) is 0 Å². The van der Waals surface area contributed by atoms with Crippen LogP contribution in [-0.4, -0.2) is 49.6 Å². The lowest BCUT2D eigenvalue weighted by Crippen LogP contribution is -2.29. The van der Waals surface area contributed by atoms with E-state index in [9.17, 15) is 12.8 Å². The van der Waals surface area contributed by atoms with E-state index in [1.165, 1.54) is 36.9 Å². The van der Waals surface area contributed by atoms with Crippen molar-refractivity contribution in [2.75, 3.05) is 31.5 Å². The van der Waals surface area contributed by atoms with E-state index in [0.717, 1.165) is 10.9 Å². The molecule has 42 heavy (non-hydrogen) atoms. The number of sulfone groups is 1. The number of fused-ring (bicyclic) bond motifs is 1. The zero-order valence-electron chi connectivity index (χ0n) is 23.0. The number of ether oxygens (including phenoxy) is 1. The first-order valence-corrected chi connectivity index (χ1v) is 15.3. The Morgan fingerprint density at radius 2 is 1.90 bits per heavy atom. The number of hydrogen-bond acceptors (Lipinski definition) is 9. The second-order valence-corrected chi connectivity index (χ2v) is 12.3. The highest BCUT2D eigenvalue weighted by molar-refractivity contribution is 7.90. The molecule has 0 saturated carbocycles. The summed E-state index contributed by atoms with van der Waals surface area (Å²) >= 11 is 6.48. The summed E-state index contributed by atoms with van der Waals surface area (Å²) in [5.74, 6) is 1.52. The number of aromatic nitrogens is 2. The van der Waals surface area contributed by atoms with Gasteiger partial charge in [-0.05, 0) is 66.2 Å². The number of nitrogens with one attached hydrogen (secondary N) is 1. The van der Waals surface area contributed by atoms with Crippen LogP contribution in [-0.2, 0) is 21.3 Å². The lowest BCUT2D eigenvalue weighted by Gasteiger charge is -2.23. The fraction of sp³-hybridized carbons (Fsp3) is 0.200. The number of nitrogens with zero attached hydrogens (tertiary/aromatic N) is 3. The Balaban J connectivity index is 1.38. The molecule has 0 amide bonds. The van der Waals surface area contributed by atoms with Crippen molar-refractivity contribution in [3.63, 3.8) is 0 Å². The Hall–Kier alpha value is -4.03. The van der Waals surface area contributed by atoms with Gasteiger partial charge >= 0.3 is 0 Å². The first kappa shape index (κ1) is 29.5. The Morgan fingerprint density at radius 1 is 1.07 bits per heavy atom. The molecule has 2 aromatic heterocycles. The Labute approximate surface area is 247 Å². The lowest BCUT2D eigenvalue weighted by molar-refractivity contribution is -0.140. The van der Waals surface area contributed by atoms with Gasteiger partial charge in [0.15, 0.2) is 0 Å². The molecular formula is C30H28ClFN4O5S. The summed E-state index contributed by atoms with van der Waals surface area (Å²) in [6.45, 7) is 0.175. The van der Waals surface area contributed by atoms with Gasteiger partial charge in [0, 0.05) is 29.9 Å². The van der Waals surface area contributed by atoms with Gasteiger partial charge < -0.3 is 19.3 Å². The van der Waals surface area contributed by atoms with Gasteiger partial charge in [-0.25, -0.2) is 22.8 Å². The van der Waals surface area contributed by atoms with E-state index in [1.807, 2.05) is 18.2 Å². The maximum atomic E-state index is 13.5. The predicted octanol–water partition coefficient (Wildman–Crippen LogP) is 6.58. The topological polar surface area (TPSA) is 107 Å². The molecule has 0 saturated heterocycles. The van der Waals surface area contributed by atoms with Crippen LogP contribution in [0.5, 0.6) is 5.75 Å². The van der Waals surface area contributed by atoms with Crippen LogP contribution in [0, 0.1) is 5.82 Å². The Bertz CT molecular complexity index is 1830. The van der Waals surface area contributed by atoms with Gasteiger partial charge in [-0.15, -0.1) is 0 Å². The van der Waals surface area contributed by atoms with Crippen LogP contribution in [0.3, 0.4) is 0 Å². The highest BCUT2D eigenvalue weighted by atomic mass is 35.5. The maximum absolute atomic E-state index is 13.5. The molecule has 1 atom stereocenters. The van der Waals surface area contributed by atoms with Crippen LogP contribution < -0.4 is 10.1 Å². The predicted molar refractivity (Wildman–Crippen MR) is 160 cm³/mol. The normalized spacial score (nSPS) is 12.5. The van der Waals surface area contributed by atoms with Crippen LogP contribution in [0.15, 0.2) is 83.5 Å². The van der Waals surface area contributed by atoms with Gasteiger partial charge in [0.2, 0.25) is 0 Å². The first-order chi connectivity index (χ1) is 20.1. The summed E-state index contributed by atoms with van der Waals surface area (Å²) < 4.78 is 49.4. The van der Waals surface area contributed by atoms with E-state index in [0.29, 0.717) is 44.9 Å². The molecule has 1 N–H and O–H groups in total. The van der Waals surface area contributed by atoms with Crippen molar-refractivity contribution >= 4 is 43.8 Å². The number of anilines is 2. The fourth-order valence-corrected chi connectivity index (χ4v) is 5.58. The SMILES string of the molecule is CON(C)[C@@H](CS(C)(=O)=O)c1ccc(-c2ccc3ncnc(Nc4ccc(OCc5cccc(F)c5)c(Cl)c4)c3c2)o1. The monoisotopic (exact) mass is 610 g/mol. The average molecular weight is 611 g/mol. The minimum Gasteiger partial charge on any atom is -0.487 e. The van der Waals surface area contributed by atoms with Crippen molar-refractivity contribution in [2.24, 2.45) is 0 Å². The number of rotatable bonds is 11. The molecule has 9 nitrogen and oxygen atoms in total. The van der Waals surface area contributed by atoms with Crippen molar-refractivity contribution in [3.05, 3.63) is 101 Å². The van der Waals surface area contributed by atoms with Crippen LogP contribution in [0.25, 0.3) is 22.2 Å². The average Bonchev–Trinajstić information content (AvgIpc) is 3.45. The molecule has 0 spiro atoms. The smallest absolute Gasteiger partial charge is 0.149 e. The molecule has 0 aliphatic rings. The molecule has 0 bridgehead atoms. The molecule has 0 fully saturated rings. The minimum absolute atomic E-state index is 0.166. The number of halogens is 2. The molecule has 0 unspecified atom stereocenters. The zero-order chi connectivity index (χ0) is 29.9. The van der Waals surface area contributed by atoms with E-state index in [2.05, 4.69) is 15.3 Å². The highest BCUT2D eigenvalue weighted by Crippen LogP contribution is 2.34. The van der Waals surface area contributed by atoms with E-state index < -0.39 is 15.9 Å². The number of hydroxylamine groups is 2. The standard InChI is InChI=1S/C30H28ClFN4O5S/c1-36(39-2)26(17-42(3,37)38)29-12-11-27(41-29)20-7-9-25-23(14-20)30(34-18-33-25)35-22-8-10-28(24(31)15-22)40-16-19-5-4-6-21(32)13-19/h4-15,18,26H,16-17H2,1-3H3,(H,33,34,35)/t26-/m0/s1. The number of furan rings is 1. The summed E-state index contributed by atoms with van der Waals surface area (Å²) in [4.78, 5) is 14.1. The summed E-state index contributed by atoms with van der Waals surface area (Å²) in [6.07, 6.45) is 2.63. The van der Waals surface area contributed by atoms with Gasteiger partial charge in [-0.3, -0.25) is 0 Å². The third-order valence-electron chi connectivity index (χ3n) is 6.54. The maximum Gasteiger partial charge on any atom is 0.149 e. The van der Waals surface area contributed by atoms with Crippen molar-refractivity contribution in [2.45, 2.75) is 12.6 Å². The third kappa shape index (κ3) is 7.05. The van der Waals surface area contributed by atoms with E-state index in [4.69, 9.17) is 25.6 Å². The van der Waals surface area contributed by atoms with Crippen molar-refractivity contribution in [1.29, 1.82) is 0 Å². The molecule has 12 heteroatoms. The first-order valence-electron chi connectivity index (χ1n) is 12.8. The molecular weight excluding hydrogens is 583 g/mol. The van der Waals surface area contributed by atoms with Gasteiger partial charge in [0.1, 0.15) is 57.7 Å². The van der Waals surface area contributed by atoms with Crippen LogP contribution in [0.2, 0.25) is 5.02 Å². The van der Waals surface area contributed by atoms with Crippen molar-refractivity contribution in [3.8, 4) is 17.1 Å². The second-order valence-electron chi connectivity index (χ2n) is 9.68. The van der Waals surface area contributed by atoms with Gasteiger partial charge in [0.05, 0.1) is 23.4 Å². The van der Waals surface area contributed by atoms with Crippen LogP contribution in [0.1, 0.15) is 17.4 Å². The lowest BCUT2D eigenvalue weighted by atomic mass is 10.1. The van der Waals surface area contributed by atoms with Gasteiger partial charge in [-0.2, -0.15) is 5.06 Å². The van der Waals surface area contributed by atoms with Crippen LogP contribution >= 0.6 is 11.6 Å². The van der Waals surface area contributed by atoms with Gasteiger partial charge in [-0.1, -0.05) is 23.7 Å². The fourth-order valence-electron chi connectivity index (χ4n) is 4.40. The zero-order valence-corrected chi connectivity index (χ0v) is 24.6. The summed E-state index contributed by atoms with van der Waals surface area (Å²) in [5, 5.41) is 5.84. The molecule has 5 aromatic rings. The second kappa shape index (κ2) is 12.5. The van der Waals surface area contributed by atoms with Crippen molar-refractivity contribution < 1.29 is 26.8 Å². The molecule has 5 rings (SSSR count). The largest absolute Gasteiger partial charge is 0.487 e. The summed E-state index contributed by atoms with van der Waals surface area (Å²) in [6, 6.07) is 20.0. The van der Waals surface area contributed by atoms with E-state index in [-0.39, 0.29) is 18.2 Å².